The molecule has 0 aromatic rings. The van der Waals surface area contributed by atoms with Crippen LogP contribution >= 0.6 is 0 Å². The fraction of sp³-hybridized carbons (Fsp3) is 0.556. The van der Waals surface area contributed by atoms with Gasteiger partial charge in [0.15, 0.2) is 0 Å². The highest BCUT2D eigenvalue weighted by Crippen LogP contribution is 2.17. The molecular weight excluding hydrogens is 216 g/mol. The molecule has 0 nitrogen and oxygen atoms in total. The van der Waals surface area contributed by atoms with Gasteiger partial charge in [0.1, 0.15) is 0 Å². The Labute approximate surface area is 116 Å². The smallest absolute Gasteiger partial charge is 0.0207 e. The van der Waals surface area contributed by atoms with E-state index >= 15 is 0 Å². The highest BCUT2D eigenvalue weighted by atomic mass is 14.0. The molecule has 0 radical (unpaired) electrons. The Morgan fingerprint density at radius 1 is 1.00 bits per heavy atom. The van der Waals surface area contributed by atoms with Crippen molar-refractivity contribution in [2.45, 2.75) is 62.3 Å². The SMILES string of the molecule is C=C(C)C(=C\C=C/C(C)C)/C(C)=C\C.CC.CC. The average Bonchev–Trinajstić information content (AvgIpc) is 2.38. The van der Waals surface area contributed by atoms with Crippen molar-refractivity contribution in [3.05, 3.63) is 47.6 Å². The second-order valence-electron chi connectivity index (χ2n) is 3.96. The van der Waals surface area contributed by atoms with Crippen molar-refractivity contribution in [2.24, 2.45) is 5.92 Å². The van der Waals surface area contributed by atoms with Gasteiger partial charge in [-0.25, -0.2) is 0 Å². The van der Waals surface area contributed by atoms with Crippen LogP contribution in [0.4, 0.5) is 0 Å². The molecule has 0 aromatic carbocycles. The molecule has 0 heterocycles. The average molecular weight is 250 g/mol. The van der Waals surface area contributed by atoms with Crippen LogP contribution in [0, 0.1) is 5.92 Å². The molecule has 106 valence electrons. The molecular formula is C18H34. The molecule has 0 atom stereocenters. The molecule has 0 aromatic heterocycles. The van der Waals surface area contributed by atoms with Gasteiger partial charge in [0, 0.05) is 0 Å². The second kappa shape index (κ2) is 16.0. The number of hydrogen-bond donors (Lipinski definition) is 0. The predicted molar refractivity (Wildman–Crippen MR) is 89.0 cm³/mol. The Balaban J connectivity index is -0.000000506. The van der Waals surface area contributed by atoms with E-state index in [4.69, 9.17) is 0 Å². The van der Waals surface area contributed by atoms with Crippen LogP contribution in [0.5, 0.6) is 0 Å². The highest BCUT2D eigenvalue weighted by Gasteiger charge is 1.97. The topological polar surface area (TPSA) is 0 Å². The van der Waals surface area contributed by atoms with E-state index in [2.05, 4.69) is 58.6 Å². The Hall–Kier alpha value is -1.04. The summed E-state index contributed by atoms with van der Waals surface area (Å²) >= 11 is 0. The Morgan fingerprint density at radius 2 is 1.44 bits per heavy atom. The number of allylic oxidation sites excluding steroid dienone is 7. The summed E-state index contributed by atoms with van der Waals surface area (Å²) in [6, 6.07) is 0. The summed E-state index contributed by atoms with van der Waals surface area (Å²) in [7, 11) is 0. The second-order valence-corrected chi connectivity index (χ2v) is 3.96. The first-order valence-electron chi connectivity index (χ1n) is 7.16. The van der Waals surface area contributed by atoms with Crippen LogP contribution in [0.15, 0.2) is 47.6 Å². The van der Waals surface area contributed by atoms with E-state index in [1.807, 2.05) is 34.6 Å². The van der Waals surface area contributed by atoms with Crippen molar-refractivity contribution in [2.75, 3.05) is 0 Å². The summed E-state index contributed by atoms with van der Waals surface area (Å²) in [6.07, 6.45) is 8.55. The first-order chi connectivity index (χ1) is 8.49. The first-order valence-corrected chi connectivity index (χ1v) is 7.16. The van der Waals surface area contributed by atoms with Crippen LogP contribution in [0.3, 0.4) is 0 Å². The maximum Gasteiger partial charge on any atom is -0.0207 e. The molecule has 0 aliphatic rings. The maximum atomic E-state index is 3.98. The van der Waals surface area contributed by atoms with Crippen molar-refractivity contribution in [1.29, 1.82) is 0 Å². The van der Waals surface area contributed by atoms with Crippen molar-refractivity contribution >= 4 is 0 Å². The quantitative estimate of drug-likeness (QED) is 0.486. The molecule has 0 aliphatic carbocycles. The van der Waals surface area contributed by atoms with Gasteiger partial charge in [0.05, 0.1) is 0 Å². The van der Waals surface area contributed by atoms with Crippen molar-refractivity contribution in [1.82, 2.24) is 0 Å². The lowest BCUT2D eigenvalue weighted by Crippen LogP contribution is -1.86. The molecule has 18 heavy (non-hydrogen) atoms. The van der Waals surface area contributed by atoms with E-state index in [-0.39, 0.29) is 0 Å². The van der Waals surface area contributed by atoms with Gasteiger partial charge >= 0.3 is 0 Å². The van der Waals surface area contributed by atoms with Crippen LogP contribution < -0.4 is 0 Å². The molecule has 0 aliphatic heterocycles. The molecule has 0 N–H and O–H groups in total. The van der Waals surface area contributed by atoms with Crippen molar-refractivity contribution in [3.63, 3.8) is 0 Å². The fourth-order valence-corrected chi connectivity index (χ4v) is 1.14. The van der Waals surface area contributed by atoms with Crippen molar-refractivity contribution in [3.8, 4) is 0 Å². The van der Waals surface area contributed by atoms with Gasteiger partial charge in [-0.15, -0.1) is 0 Å². The minimum absolute atomic E-state index is 0.600. The molecule has 0 heteroatoms. The molecule has 0 bridgehead atoms. The van der Waals surface area contributed by atoms with Crippen LogP contribution in [-0.4, -0.2) is 0 Å². The van der Waals surface area contributed by atoms with Gasteiger partial charge in [-0.1, -0.05) is 78.0 Å². The molecule has 0 unspecified atom stereocenters. The molecule has 0 spiro atoms. The summed E-state index contributed by atoms with van der Waals surface area (Å²) in [4.78, 5) is 0. The van der Waals surface area contributed by atoms with Crippen LogP contribution in [0.1, 0.15) is 62.3 Å². The Morgan fingerprint density at radius 3 is 1.72 bits per heavy atom. The summed E-state index contributed by atoms with van der Waals surface area (Å²) in [5, 5.41) is 0. The van der Waals surface area contributed by atoms with Crippen molar-refractivity contribution < 1.29 is 0 Å². The zero-order valence-corrected chi connectivity index (χ0v) is 14.1. The normalized spacial score (nSPS) is 11.7. The zero-order valence-electron chi connectivity index (χ0n) is 14.1. The van der Waals surface area contributed by atoms with E-state index in [0.717, 1.165) is 5.57 Å². The monoisotopic (exact) mass is 250 g/mol. The molecule has 0 saturated heterocycles. The van der Waals surface area contributed by atoms with E-state index in [1.165, 1.54) is 11.1 Å². The molecule has 0 rings (SSSR count). The van der Waals surface area contributed by atoms with Gasteiger partial charge < -0.3 is 0 Å². The lowest BCUT2D eigenvalue weighted by molar-refractivity contribution is 0.832. The molecule has 0 saturated carbocycles. The molecule has 0 amide bonds. The summed E-state index contributed by atoms with van der Waals surface area (Å²) < 4.78 is 0. The summed E-state index contributed by atoms with van der Waals surface area (Å²) in [5.74, 6) is 0.600. The Kier molecular flexibility index (Phi) is 19.7. The minimum atomic E-state index is 0.600. The van der Waals surface area contributed by atoms with E-state index in [9.17, 15) is 0 Å². The summed E-state index contributed by atoms with van der Waals surface area (Å²) in [5.41, 5.74) is 3.64. The van der Waals surface area contributed by atoms with Gasteiger partial charge in [0.2, 0.25) is 0 Å². The molecule has 0 fully saturated rings. The first kappa shape index (κ1) is 22.2. The number of hydrogen-bond acceptors (Lipinski definition) is 0. The summed E-state index contributed by atoms with van der Waals surface area (Å²) in [6.45, 7) is 22.5. The Bertz CT molecular complexity index is 272. The van der Waals surface area contributed by atoms with Gasteiger partial charge in [-0.3, -0.25) is 0 Å². The van der Waals surface area contributed by atoms with E-state index in [0.29, 0.717) is 5.92 Å². The lowest BCUT2D eigenvalue weighted by atomic mass is 10.0. The fourth-order valence-electron chi connectivity index (χ4n) is 1.14. The van der Waals surface area contributed by atoms with Gasteiger partial charge in [0.25, 0.3) is 0 Å². The van der Waals surface area contributed by atoms with Gasteiger partial charge in [-0.2, -0.15) is 0 Å². The van der Waals surface area contributed by atoms with Crippen LogP contribution in [-0.2, 0) is 0 Å². The van der Waals surface area contributed by atoms with Crippen LogP contribution in [0.25, 0.3) is 0 Å². The standard InChI is InChI=1S/C14H22.2C2H6/c1-7-13(6)14(12(4)5)10-8-9-11(2)3;2*1-2/h7-11H,4H2,1-3,5-6H3;2*1-2H3/b9-8-,13-7-,14-10+;;. The minimum Gasteiger partial charge on any atom is -0.0955 e. The van der Waals surface area contributed by atoms with Gasteiger partial charge in [-0.05, 0) is 37.8 Å². The third-order valence-corrected chi connectivity index (χ3v) is 2.08. The lowest BCUT2D eigenvalue weighted by Gasteiger charge is -2.05. The third kappa shape index (κ3) is 13.0. The highest BCUT2D eigenvalue weighted by molar-refractivity contribution is 5.44. The van der Waals surface area contributed by atoms with E-state index in [1.54, 1.807) is 0 Å². The van der Waals surface area contributed by atoms with E-state index < -0.39 is 0 Å². The number of rotatable bonds is 4. The third-order valence-electron chi connectivity index (χ3n) is 2.08. The predicted octanol–water partition coefficient (Wildman–Crippen LogP) is 6.72. The van der Waals surface area contributed by atoms with Crippen LogP contribution in [0.2, 0.25) is 0 Å². The largest absolute Gasteiger partial charge is 0.0955 e. The maximum absolute atomic E-state index is 3.98. The zero-order chi connectivity index (χ0) is 15.1.